The fourth-order valence-corrected chi connectivity index (χ4v) is 2.09. The van der Waals surface area contributed by atoms with Crippen molar-refractivity contribution < 1.29 is 28.2 Å². The molecule has 0 fully saturated rings. The number of aromatic carboxylic acids is 1. The zero-order valence-corrected chi connectivity index (χ0v) is 13.2. The van der Waals surface area contributed by atoms with E-state index in [-0.39, 0.29) is 36.8 Å². The average Bonchev–Trinajstić information content (AvgIpc) is 2.92. The van der Waals surface area contributed by atoms with Crippen LogP contribution in [0.3, 0.4) is 0 Å². The normalized spacial score (nSPS) is 10.4. The summed E-state index contributed by atoms with van der Waals surface area (Å²) >= 11 is 0. The van der Waals surface area contributed by atoms with Gasteiger partial charge in [0, 0.05) is 6.42 Å². The van der Waals surface area contributed by atoms with E-state index < -0.39 is 11.8 Å². The van der Waals surface area contributed by atoms with Gasteiger partial charge in [0.15, 0.2) is 11.6 Å². The van der Waals surface area contributed by atoms with E-state index in [4.69, 9.17) is 14.3 Å². The zero-order chi connectivity index (χ0) is 17.5. The van der Waals surface area contributed by atoms with Gasteiger partial charge in [-0.25, -0.2) is 9.18 Å². The van der Waals surface area contributed by atoms with Gasteiger partial charge in [0.05, 0.1) is 13.2 Å². The maximum atomic E-state index is 13.3. The van der Waals surface area contributed by atoms with Crippen molar-refractivity contribution in [3.63, 3.8) is 0 Å². The molecule has 2 rings (SSSR count). The van der Waals surface area contributed by atoms with Crippen LogP contribution in [0.15, 0.2) is 34.7 Å². The second kappa shape index (κ2) is 8.14. The SMILES string of the molecule is Cc1oc(CNC(=O)CCCOc2ccccc2F)cc1C(=O)O. The van der Waals surface area contributed by atoms with E-state index >= 15 is 0 Å². The quantitative estimate of drug-likeness (QED) is 0.724. The summed E-state index contributed by atoms with van der Waals surface area (Å²) in [6.07, 6.45) is 0.637. The molecular formula is C17H18FNO5. The second-order valence-corrected chi connectivity index (χ2v) is 5.15. The molecule has 2 N–H and O–H groups in total. The van der Waals surface area contributed by atoms with Gasteiger partial charge in [0.2, 0.25) is 5.91 Å². The number of halogens is 1. The lowest BCUT2D eigenvalue weighted by atomic mass is 10.2. The Balaban J connectivity index is 1.69. The summed E-state index contributed by atoms with van der Waals surface area (Å²) in [7, 11) is 0. The molecule has 0 saturated carbocycles. The predicted octanol–water partition coefficient (Wildman–Crippen LogP) is 2.90. The van der Waals surface area contributed by atoms with Crippen molar-refractivity contribution in [3.05, 3.63) is 53.2 Å². The largest absolute Gasteiger partial charge is 0.491 e. The van der Waals surface area contributed by atoms with Crippen LogP contribution in [0, 0.1) is 12.7 Å². The number of ether oxygens (including phenoxy) is 1. The first kappa shape index (κ1) is 17.5. The highest BCUT2D eigenvalue weighted by atomic mass is 19.1. The van der Waals surface area contributed by atoms with E-state index in [1.54, 1.807) is 19.1 Å². The lowest BCUT2D eigenvalue weighted by Crippen LogP contribution is -2.22. The summed E-state index contributed by atoms with van der Waals surface area (Å²) < 4.78 is 23.8. The minimum atomic E-state index is -1.07. The number of amides is 1. The molecule has 24 heavy (non-hydrogen) atoms. The molecule has 1 amide bonds. The Hall–Kier alpha value is -2.83. The van der Waals surface area contributed by atoms with Gasteiger partial charge in [0.1, 0.15) is 17.1 Å². The number of hydrogen-bond donors (Lipinski definition) is 2. The summed E-state index contributed by atoms with van der Waals surface area (Å²) in [6, 6.07) is 7.45. The van der Waals surface area contributed by atoms with Crippen molar-refractivity contribution in [1.82, 2.24) is 5.32 Å². The highest BCUT2D eigenvalue weighted by Crippen LogP contribution is 2.16. The monoisotopic (exact) mass is 335 g/mol. The van der Waals surface area contributed by atoms with E-state index in [0.717, 1.165) is 0 Å². The molecule has 1 aromatic carbocycles. The molecule has 2 aromatic rings. The molecule has 0 aliphatic heterocycles. The minimum Gasteiger partial charge on any atom is -0.491 e. The Kier molecular flexibility index (Phi) is 5.95. The predicted molar refractivity (Wildman–Crippen MR) is 83.4 cm³/mol. The van der Waals surface area contributed by atoms with Crippen molar-refractivity contribution in [1.29, 1.82) is 0 Å². The molecular weight excluding hydrogens is 317 g/mol. The Morgan fingerprint density at radius 1 is 1.33 bits per heavy atom. The summed E-state index contributed by atoms with van der Waals surface area (Å²) in [5.74, 6) is -0.905. The number of benzene rings is 1. The van der Waals surface area contributed by atoms with Crippen LogP contribution < -0.4 is 10.1 Å². The Bertz CT molecular complexity index is 726. The number of carbonyl (C=O) groups is 2. The molecule has 7 heteroatoms. The van der Waals surface area contributed by atoms with E-state index in [1.807, 2.05) is 0 Å². The van der Waals surface area contributed by atoms with Crippen LogP contribution in [0.2, 0.25) is 0 Å². The number of carbonyl (C=O) groups excluding carboxylic acids is 1. The maximum Gasteiger partial charge on any atom is 0.339 e. The molecule has 0 spiro atoms. The van der Waals surface area contributed by atoms with E-state index in [9.17, 15) is 14.0 Å². The highest BCUT2D eigenvalue weighted by Gasteiger charge is 2.14. The van der Waals surface area contributed by atoms with Gasteiger partial charge in [-0.1, -0.05) is 12.1 Å². The Labute approximate surface area is 138 Å². The molecule has 0 saturated heterocycles. The van der Waals surface area contributed by atoms with E-state index in [1.165, 1.54) is 18.2 Å². The molecule has 6 nitrogen and oxygen atoms in total. The Morgan fingerprint density at radius 2 is 2.08 bits per heavy atom. The van der Waals surface area contributed by atoms with Crippen molar-refractivity contribution in [3.8, 4) is 5.75 Å². The number of carboxylic acids is 1. The van der Waals surface area contributed by atoms with Crippen molar-refractivity contribution in [2.75, 3.05) is 6.61 Å². The van der Waals surface area contributed by atoms with Gasteiger partial charge in [-0.05, 0) is 31.5 Å². The van der Waals surface area contributed by atoms with Crippen LogP contribution in [0.5, 0.6) is 5.75 Å². The third-order valence-electron chi connectivity index (χ3n) is 3.30. The summed E-state index contributed by atoms with van der Waals surface area (Å²) in [5, 5.41) is 11.6. The minimum absolute atomic E-state index is 0.0811. The van der Waals surface area contributed by atoms with Crippen LogP contribution in [-0.2, 0) is 11.3 Å². The van der Waals surface area contributed by atoms with Gasteiger partial charge >= 0.3 is 5.97 Å². The number of hydrogen-bond acceptors (Lipinski definition) is 4. The zero-order valence-electron chi connectivity index (χ0n) is 13.2. The van der Waals surface area contributed by atoms with Crippen molar-refractivity contribution in [2.24, 2.45) is 0 Å². The first-order valence-electron chi connectivity index (χ1n) is 7.44. The van der Waals surface area contributed by atoms with Gasteiger partial charge in [-0.2, -0.15) is 0 Å². The number of para-hydroxylation sites is 1. The molecule has 1 heterocycles. The fraction of sp³-hybridized carbons (Fsp3) is 0.294. The molecule has 128 valence electrons. The Morgan fingerprint density at radius 3 is 2.75 bits per heavy atom. The van der Waals surface area contributed by atoms with Crippen LogP contribution in [0.4, 0.5) is 4.39 Å². The molecule has 1 aromatic heterocycles. The molecule has 0 radical (unpaired) electrons. The van der Waals surface area contributed by atoms with Crippen molar-refractivity contribution in [2.45, 2.75) is 26.3 Å². The first-order chi connectivity index (χ1) is 11.5. The van der Waals surface area contributed by atoms with E-state index in [0.29, 0.717) is 17.9 Å². The topological polar surface area (TPSA) is 88.8 Å². The lowest BCUT2D eigenvalue weighted by Gasteiger charge is -2.07. The highest BCUT2D eigenvalue weighted by molar-refractivity contribution is 5.88. The van der Waals surface area contributed by atoms with Gasteiger partial charge in [0.25, 0.3) is 0 Å². The van der Waals surface area contributed by atoms with E-state index in [2.05, 4.69) is 5.32 Å². The lowest BCUT2D eigenvalue weighted by molar-refractivity contribution is -0.121. The van der Waals surface area contributed by atoms with Gasteiger partial charge in [-0.15, -0.1) is 0 Å². The standard InChI is InChI=1S/C17H18FNO5/c1-11-13(17(21)22)9-12(24-11)10-19-16(20)7-4-8-23-15-6-3-2-5-14(15)18/h2-3,5-6,9H,4,7-8,10H2,1H3,(H,19,20)(H,21,22). The molecule has 0 atom stereocenters. The van der Waals surface area contributed by atoms with Gasteiger partial charge < -0.3 is 19.6 Å². The van der Waals surface area contributed by atoms with Crippen LogP contribution in [0.25, 0.3) is 0 Å². The van der Waals surface area contributed by atoms with Crippen LogP contribution >= 0.6 is 0 Å². The summed E-state index contributed by atoms with van der Waals surface area (Å²) in [5.41, 5.74) is 0.0811. The summed E-state index contributed by atoms with van der Waals surface area (Å²) in [6.45, 7) is 1.88. The first-order valence-corrected chi connectivity index (χ1v) is 7.44. The summed E-state index contributed by atoms with van der Waals surface area (Å²) in [4.78, 5) is 22.6. The average molecular weight is 335 g/mol. The number of aryl methyl sites for hydroxylation is 1. The van der Waals surface area contributed by atoms with Crippen molar-refractivity contribution >= 4 is 11.9 Å². The third-order valence-corrected chi connectivity index (χ3v) is 3.30. The molecule has 0 aliphatic rings. The molecule has 0 bridgehead atoms. The van der Waals surface area contributed by atoms with Crippen LogP contribution in [0.1, 0.15) is 34.7 Å². The number of carboxylic acid groups (broad SMARTS) is 1. The number of nitrogens with one attached hydrogen (secondary N) is 1. The third kappa shape index (κ3) is 4.84. The number of furan rings is 1. The number of rotatable bonds is 8. The second-order valence-electron chi connectivity index (χ2n) is 5.15. The smallest absolute Gasteiger partial charge is 0.339 e. The molecule has 0 aliphatic carbocycles. The maximum absolute atomic E-state index is 13.3. The molecule has 0 unspecified atom stereocenters. The van der Waals surface area contributed by atoms with Gasteiger partial charge in [-0.3, -0.25) is 4.79 Å². The fourth-order valence-electron chi connectivity index (χ4n) is 2.09. The van der Waals surface area contributed by atoms with Crippen LogP contribution in [-0.4, -0.2) is 23.6 Å².